The lowest BCUT2D eigenvalue weighted by atomic mass is 10.1. The van der Waals surface area contributed by atoms with Gasteiger partial charge in [-0.15, -0.1) is 0 Å². The maximum Gasteiger partial charge on any atom is 0.139 e. The molecule has 18 heavy (non-hydrogen) atoms. The van der Waals surface area contributed by atoms with Gasteiger partial charge in [0.1, 0.15) is 11.9 Å². The molecule has 0 amide bonds. The van der Waals surface area contributed by atoms with Crippen molar-refractivity contribution in [1.82, 2.24) is 9.55 Å². The Labute approximate surface area is 106 Å². The van der Waals surface area contributed by atoms with E-state index in [0.29, 0.717) is 11.4 Å². The van der Waals surface area contributed by atoms with E-state index in [1.807, 2.05) is 10.6 Å². The molecule has 1 atom stereocenters. The number of rotatable bonds is 1. The third-order valence-electron chi connectivity index (χ3n) is 2.85. The van der Waals surface area contributed by atoms with E-state index in [-0.39, 0.29) is 5.54 Å². The Morgan fingerprint density at radius 3 is 2.56 bits per heavy atom. The van der Waals surface area contributed by atoms with Gasteiger partial charge in [0.2, 0.25) is 0 Å². The summed E-state index contributed by atoms with van der Waals surface area (Å²) in [6.45, 7) is 7.91. The summed E-state index contributed by atoms with van der Waals surface area (Å²) >= 11 is 0. The Hall–Kier alpha value is -1.86. The Bertz CT molecular complexity index is 627. The van der Waals surface area contributed by atoms with Crippen molar-refractivity contribution in [2.24, 2.45) is 0 Å². The van der Waals surface area contributed by atoms with Crippen LogP contribution in [0, 0.1) is 11.3 Å². The lowest BCUT2D eigenvalue weighted by Gasteiger charge is -2.25. The number of aliphatic hydroxyl groups is 1. The van der Waals surface area contributed by atoms with Crippen LogP contribution >= 0.6 is 0 Å². The molecule has 0 saturated heterocycles. The Morgan fingerprint density at radius 2 is 2.06 bits per heavy atom. The van der Waals surface area contributed by atoms with Crippen LogP contribution in [-0.4, -0.2) is 14.7 Å². The molecule has 0 saturated carbocycles. The van der Waals surface area contributed by atoms with E-state index in [9.17, 15) is 5.11 Å². The zero-order chi connectivity index (χ0) is 13.5. The lowest BCUT2D eigenvalue weighted by Crippen LogP contribution is -2.24. The second-order valence-electron chi connectivity index (χ2n) is 5.47. The fraction of sp³-hybridized carbons (Fsp3) is 0.429. The van der Waals surface area contributed by atoms with E-state index in [4.69, 9.17) is 5.26 Å². The molecular formula is C14H17N3O. The van der Waals surface area contributed by atoms with Gasteiger partial charge in [0.05, 0.1) is 22.7 Å². The van der Waals surface area contributed by atoms with E-state index >= 15 is 0 Å². The average Bonchev–Trinajstić information content (AvgIpc) is 2.66. The summed E-state index contributed by atoms with van der Waals surface area (Å²) in [5.41, 5.74) is 2.10. The smallest absolute Gasteiger partial charge is 0.139 e. The summed E-state index contributed by atoms with van der Waals surface area (Å²) in [6, 6.07) is 7.52. The number of benzene rings is 1. The zero-order valence-corrected chi connectivity index (χ0v) is 11.1. The van der Waals surface area contributed by atoms with Gasteiger partial charge in [-0.2, -0.15) is 5.26 Å². The van der Waals surface area contributed by atoms with Crippen LogP contribution in [0.3, 0.4) is 0 Å². The molecule has 0 aliphatic carbocycles. The van der Waals surface area contributed by atoms with Crippen LogP contribution in [0.1, 0.15) is 45.2 Å². The average molecular weight is 243 g/mol. The number of aromatic nitrogens is 2. The maximum absolute atomic E-state index is 9.85. The van der Waals surface area contributed by atoms with E-state index in [2.05, 4.69) is 31.8 Å². The molecule has 1 unspecified atom stereocenters. The summed E-state index contributed by atoms with van der Waals surface area (Å²) in [6.07, 6.45) is -0.637. The first kappa shape index (κ1) is 12.6. The monoisotopic (exact) mass is 243 g/mol. The molecule has 1 aromatic heterocycles. The summed E-state index contributed by atoms with van der Waals surface area (Å²) in [7, 11) is 0. The number of nitrogens with zero attached hydrogens (tertiary/aromatic N) is 3. The molecule has 94 valence electrons. The number of imidazole rings is 1. The zero-order valence-electron chi connectivity index (χ0n) is 11.1. The van der Waals surface area contributed by atoms with Crippen LogP contribution in [0.25, 0.3) is 11.0 Å². The molecule has 4 nitrogen and oxygen atoms in total. The highest BCUT2D eigenvalue weighted by atomic mass is 16.3. The largest absolute Gasteiger partial charge is 0.385 e. The first-order valence-electron chi connectivity index (χ1n) is 5.95. The van der Waals surface area contributed by atoms with Gasteiger partial charge in [0, 0.05) is 5.54 Å². The molecule has 0 bridgehead atoms. The van der Waals surface area contributed by atoms with Crippen molar-refractivity contribution in [3.63, 3.8) is 0 Å². The SMILES string of the molecule is CC(O)c1nc2cc(C#N)ccc2n1C(C)(C)C. The van der Waals surface area contributed by atoms with E-state index in [1.165, 1.54) is 0 Å². The topological polar surface area (TPSA) is 61.8 Å². The van der Waals surface area contributed by atoms with Crippen LogP contribution in [-0.2, 0) is 5.54 Å². The van der Waals surface area contributed by atoms with Crippen LogP contribution in [0.5, 0.6) is 0 Å². The van der Waals surface area contributed by atoms with Crippen molar-refractivity contribution in [1.29, 1.82) is 5.26 Å². The van der Waals surface area contributed by atoms with Gasteiger partial charge in [0.15, 0.2) is 0 Å². The van der Waals surface area contributed by atoms with Crippen LogP contribution in [0.4, 0.5) is 0 Å². The Balaban J connectivity index is 2.81. The fourth-order valence-electron chi connectivity index (χ4n) is 2.15. The maximum atomic E-state index is 9.85. The molecule has 0 spiro atoms. The summed E-state index contributed by atoms with van der Waals surface area (Å²) in [5.74, 6) is 0.632. The van der Waals surface area contributed by atoms with Crippen LogP contribution in [0.2, 0.25) is 0 Å². The van der Waals surface area contributed by atoms with Crippen molar-refractivity contribution < 1.29 is 5.11 Å². The summed E-state index contributed by atoms with van der Waals surface area (Å²) < 4.78 is 2.02. The predicted molar refractivity (Wildman–Crippen MR) is 70.1 cm³/mol. The Kier molecular flexibility index (Phi) is 2.88. The van der Waals surface area contributed by atoms with E-state index in [0.717, 1.165) is 11.0 Å². The first-order valence-corrected chi connectivity index (χ1v) is 5.95. The number of aliphatic hydroxyl groups excluding tert-OH is 1. The highest BCUT2D eigenvalue weighted by molar-refractivity contribution is 5.78. The number of hydrogen-bond acceptors (Lipinski definition) is 3. The second kappa shape index (κ2) is 4.11. The molecule has 1 aromatic carbocycles. The van der Waals surface area contributed by atoms with Gasteiger partial charge < -0.3 is 9.67 Å². The van der Waals surface area contributed by atoms with Crippen molar-refractivity contribution in [2.45, 2.75) is 39.3 Å². The Morgan fingerprint density at radius 1 is 1.39 bits per heavy atom. The number of fused-ring (bicyclic) bond motifs is 1. The van der Waals surface area contributed by atoms with Crippen LogP contribution in [0.15, 0.2) is 18.2 Å². The van der Waals surface area contributed by atoms with Gasteiger partial charge in [-0.25, -0.2) is 4.98 Å². The van der Waals surface area contributed by atoms with Crippen molar-refractivity contribution >= 4 is 11.0 Å². The normalized spacial score (nSPS) is 13.6. The van der Waals surface area contributed by atoms with Gasteiger partial charge in [-0.05, 0) is 45.9 Å². The third kappa shape index (κ3) is 1.98. The standard InChI is InChI=1S/C14H17N3O/c1-9(18)13-16-11-7-10(8-15)5-6-12(11)17(13)14(2,3)4/h5-7,9,18H,1-4H3. The molecule has 0 aliphatic heterocycles. The van der Waals surface area contributed by atoms with Gasteiger partial charge in [0.25, 0.3) is 0 Å². The minimum atomic E-state index is -0.637. The van der Waals surface area contributed by atoms with E-state index < -0.39 is 6.10 Å². The third-order valence-corrected chi connectivity index (χ3v) is 2.85. The highest BCUT2D eigenvalue weighted by Gasteiger charge is 2.23. The lowest BCUT2D eigenvalue weighted by molar-refractivity contribution is 0.176. The second-order valence-corrected chi connectivity index (χ2v) is 5.47. The van der Waals surface area contributed by atoms with E-state index in [1.54, 1.807) is 19.1 Å². The molecule has 2 aromatic rings. The van der Waals surface area contributed by atoms with Crippen LogP contribution < -0.4 is 0 Å². The molecule has 1 N–H and O–H groups in total. The van der Waals surface area contributed by atoms with Crippen molar-refractivity contribution in [3.05, 3.63) is 29.6 Å². The fourth-order valence-corrected chi connectivity index (χ4v) is 2.15. The van der Waals surface area contributed by atoms with Gasteiger partial charge in [-0.3, -0.25) is 0 Å². The molecule has 0 fully saturated rings. The minimum Gasteiger partial charge on any atom is -0.385 e. The molecule has 0 radical (unpaired) electrons. The van der Waals surface area contributed by atoms with Crippen molar-refractivity contribution in [2.75, 3.05) is 0 Å². The summed E-state index contributed by atoms with van der Waals surface area (Å²) in [5, 5.41) is 18.8. The predicted octanol–water partition coefficient (Wildman–Crippen LogP) is 2.72. The highest BCUT2D eigenvalue weighted by Crippen LogP contribution is 2.28. The molecule has 1 heterocycles. The quantitative estimate of drug-likeness (QED) is 0.837. The minimum absolute atomic E-state index is 0.171. The van der Waals surface area contributed by atoms with Gasteiger partial charge >= 0.3 is 0 Å². The molecule has 4 heteroatoms. The van der Waals surface area contributed by atoms with Gasteiger partial charge in [-0.1, -0.05) is 0 Å². The number of nitriles is 1. The molecule has 0 aliphatic rings. The summed E-state index contributed by atoms with van der Waals surface area (Å²) in [4.78, 5) is 4.45. The van der Waals surface area contributed by atoms with Crippen molar-refractivity contribution in [3.8, 4) is 6.07 Å². The first-order chi connectivity index (χ1) is 8.34. The number of hydrogen-bond donors (Lipinski definition) is 1. The molecular weight excluding hydrogens is 226 g/mol. The molecule has 2 rings (SSSR count).